The summed E-state index contributed by atoms with van der Waals surface area (Å²) in [5.74, 6) is -0.591. The summed E-state index contributed by atoms with van der Waals surface area (Å²) in [4.78, 5) is 11.3. The van der Waals surface area contributed by atoms with E-state index in [0.717, 1.165) is 5.56 Å². The molecule has 0 heterocycles. The first-order valence-electron chi connectivity index (χ1n) is 4.84. The van der Waals surface area contributed by atoms with Gasteiger partial charge in [-0.2, -0.15) is 0 Å². The monoisotopic (exact) mass is 246 g/mol. The number of hydrogen-bond acceptors (Lipinski definition) is 2. The summed E-state index contributed by atoms with van der Waals surface area (Å²) in [6.07, 6.45) is 0.337. The van der Waals surface area contributed by atoms with Crippen molar-refractivity contribution in [3.8, 4) is 0 Å². The van der Waals surface area contributed by atoms with E-state index in [-0.39, 0.29) is 24.0 Å². The van der Waals surface area contributed by atoms with Crippen LogP contribution < -0.4 is 10.6 Å². The van der Waals surface area contributed by atoms with Crippen LogP contribution in [0.2, 0.25) is 0 Å². The van der Waals surface area contributed by atoms with Crippen LogP contribution in [-0.2, 0) is 4.79 Å². The van der Waals surface area contributed by atoms with E-state index in [2.05, 4.69) is 10.6 Å². The summed E-state index contributed by atoms with van der Waals surface area (Å²) in [5, 5.41) is 5.39. The number of amides is 1. The molecule has 0 aliphatic carbocycles. The summed E-state index contributed by atoms with van der Waals surface area (Å²) in [6, 6.07) is 4.63. The molecule has 0 atom stereocenters. The molecule has 5 heteroatoms. The Kier molecular flexibility index (Phi) is 6.69. The summed E-state index contributed by atoms with van der Waals surface area (Å²) in [5.41, 5.74) is 1.16. The molecule has 1 aromatic rings. The normalized spacial score (nSPS) is 9.44. The lowest BCUT2D eigenvalue weighted by atomic mass is 10.2. The van der Waals surface area contributed by atoms with Crippen molar-refractivity contribution in [1.29, 1.82) is 0 Å². The Bertz CT molecular complexity index is 358. The van der Waals surface area contributed by atoms with Gasteiger partial charge in [0.25, 0.3) is 0 Å². The van der Waals surface area contributed by atoms with Gasteiger partial charge in [-0.05, 0) is 31.7 Å². The van der Waals surface area contributed by atoms with E-state index in [9.17, 15) is 9.18 Å². The van der Waals surface area contributed by atoms with E-state index in [0.29, 0.717) is 13.0 Å². The average molecular weight is 247 g/mol. The highest BCUT2D eigenvalue weighted by Gasteiger charge is 2.06. The van der Waals surface area contributed by atoms with Crippen molar-refractivity contribution in [2.75, 3.05) is 18.9 Å². The van der Waals surface area contributed by atoms with Crippen molar-refractivity contribution < 1.29 is 9.18 Å². The first-order chi connectivity index (χ1) is 7.13. The third-order valence-corrected chi connectivity index (χ3v) is 2.00. The van der Waals surface area contributed by atoms with Crippen LogP contribution in [0.4, 0.5) is 10.1 Å². The largest absolute Gasteiger partial charge is 0.324 e. The second kappa shape index (κ2) is 7.19. The number of carbonyl (C=O) groups is 1. The van der Waals surface area contributed by atoms with Crippen LogP contribution in [0.1, 0.15) is 12.0 Å². The van der Waals surface area contributed by atoms with Crippen LogP contribution in [0.3, 0.4) is 0 Å². The maximum Gasteiger partial charge on any atom is 0.225 e. The molecule has 2 N–H and O–H groups in total. The summed E-state index contributed by atoms with van der Waals surface area (Å²) >= 11 is 0. The van der Waals surface area contributed by atoms with Gasteiger partial charge in [0.15, 0.2) is 0 Å². The molecule has 1 aromatic carbocycles. The van der Waals surface area contributed by atoms with Gasteiger partial charge in [0.1, 0.15) is 5.82 Å². The van der Waals surface area contributed by atoms with Crippen LogP contribution in [0.25, 0.3) is 0 Å². The van der Waals surface area contributed by atoms with E-state index >= 15 is 0 Å². The molecule has 90 valence electrons. The van der Waals surface area contributed by atoms with Gasteiger partial charge < -0.3 is 10.6 Å². The standard InChI is InChI=1S/C11H15FN2O.ClH/c1-8-3-4-9(12)10(7-8)14-11(15)5-6-13-2;/h3-4,7,13H,5-6H2,1-2H3,(H,14,15);1H. The van der Waals surface area contributed by atoms with Gasteiger partial charge >= 0.3 is 0 Å². The molecular formula is C11H16ClFN2O. The molecular weight excluding hydrogens is 231 g/mol. The number of hydrogen-bond donors (Lipinski definition) is 2. The molecule has 0 aliphatic heterocycles. The smallest absolute Gasteiger partial charge is 0.225 e. The topological polar surface area (TPSA) is 41.1 Å². The van der Waals surface area contributed by atoms with Gasteiger partial charge in [-0.15, -0.1) is 12.4 Å². The number of benzene rings is 1. The van der Waals surface area contributed by atoms with Crippen molar-refractivity contribution in [2.45, 2.75) is 13.3 Å². The molecule has 0 saturated carbocycles. The second-order valence-corrected chi connectivity index (χ2v) is 3.39. The van der Waals surface area contributed by atoms with Crippen molar-refractivity contribution in [3.63, 3.8) is 0 Å². The SMILES string of the molecule is CNCCC(=O)Nc1cc(C)ccc1F.Cl. The third-order valence-electron chi connectivity index (χ3n) is 2.00. The molecule has 0 saturated heterocycles. The number of carbonyl (C=O) groups excluding carboxylic acids is 1. The Balaban J connectivity index is 0.00000225. The molecule has 3 nitrogen and oxygen atoms in total. The molecule has 0 fully saturated rings. The molecule has 1 rings (SSSR count). The van der Waals surface area contributed by atoms with E-state index in [1.807, 2.05) is 6.92 Å². The fourth-order valence-corrected chi connectivity index (χ4v) is 1.19. The first-order valence-corrected chi connectivity index (χ1v) is 4.84. The number of aryl methyl sites for hydroxylation is 1. The van der Waals surface area contributed by atoms with Crippen LogP contribution in [0, 0.1) is 12.7 Å². The van der Waals surface area contributed by atoms with Crippen molar-refractivity contribution in [2.24, 2.45) is 0 Å². The Labute approximate surface area is 101 Å². The lowest BCUT2D eigenvalue weighted by Crippen LogP contribution is -2.19. The first kappa shape index (κ1) is 14.9. The zero-order chi connectivity index (χ0) is 11.3. The number of nitrogens with one attached hydrogen (secondary N) is 2. The van der Waals surface area contributed by atoms with Gasteiger partial charge in [-0.25, -0.2) is 4.39 Å². The summed E-state index contributed by atoms with van der Waals surface area (Å²) < 4.78 is 13.2. The molecule has 0 aromatic heterocycles. The molecule has 0 unspecified atom stereocenters. The zero-order valence-corrected chi connectivity index (χ0v) is 10.2. The lowest BCUT2D eigenvalue weighted by molar-refractivity contribution is -0.116. The Hall–Kier alpha value is -1.13. The molecule has 0 bridgehead atoms. The maximum atomic E-state index is 13.2. The van der Waals surface area contributed by atoms with E-state index in [4.69, 9.17) is 0 Å². The molecule has 1 amide bonds. The Morgan fingerprint density at radius 2 is 2.12 bits per heavy atom. The number of anilines is 1. The Morgan fingerprint density at radius 1 is 1.44 bits per heavy atom. The van der Waals surface area contributed by atoms with Crippen molar-refractivity contribution in [3.05, 3.63) is 29.6 Å². The predicted octanol–water partition coefficient (Wildman–Crippen LogP) is 2.10. The van der Waals surface area contributed by atoms with Gasteiger partial charge in [0.05, 0.1) is 5.69 Å². The Morgan fingerprint density at radius 3 is 2.75 bits per heavy atom. The van der Waals surface area contributed by atoms with Crippen molar-refractivity contribution >= 4 is 24.0 Å². The fourth-order valence-electron chi connectivity index (χ4n) is 1.19. The molecule has 0 spiro atoms. The molecule has 0 aliphatic rings. The second-order valence-electron chi connectivity index (χ2n) is 3.39. The van der Waals surface area contributed by atoms with Crippen LogP contribution in [-0.4, -0.2) is 19.5 Å². The highest BCUT2D eigenvalue weighted by Crippen LogP contribution is 2.15. The van der Waals surface area contributed by atoms with Crippen LogP contribution >= 0.6 is 12.4 Å². The number of rotatable bonds is 4. The summed E-state index contributed by atoms with van der Waals surface area (Å²) in [6.45, 7) is 2.43. The van der Waals surface area contributed by atoms with Crippen LogP contribution in [0.15, 0.2) is 18.2 Å². The van der Waals surface area contributed by atoms with Crippen LogP contribution in [0.5, 0.6) is 0 Å². The third kappa shape index (κ3) is 4.59. The van der Waals surface area contributed by atoms with E-state index in [1.165, 1.54) is 6.07 Å². The minimum atomic E-state index is -0.404. The van der Waals surface area contributed by atoms with E-state index in [1.54, 1.807) is 19.2 Å². The van der Waals surface area contributed by atoms with Gasteiger partial charge in [0.2, 0.25) is 5.91 Å². The fraction of sp³-hybridized carbons (Fsp3) is 0.364. The molecule has 0 radical (unpaired) electrons. The van der Waals surface area contributed by atoms with Crippen molar-refractivity contribution in [1.82, 2.24) is 5.32 Å². The van der Waals surface area contributed by atoms with Gasteiger partial charge in [-0.3, -0.25) is 4.79 Å². The highest BCUT2D eigenvalue weighted by atomic mass is 35.5. The minimum Gasteiger partial charge on any atom is -0.324 e. The predicted molar refractivity (Wildman–Crippen MR) is 65.6 cm³/mol. The minimum absolute atomic E-state index is 0. The maximum absolute atomic E-state index is 13.2. The van der Waals surface area contributed by atoms with Gasteiger partial charge in [-0.1, -0.05) is 6.07 Å². The quantitative estimate of drug-likeness (QED) is 0.854. The number of halogens is 2. The van der Waals surface area contributed by atoms with Gasteiger partial charge in [0, 0.05) is 13.0 Å². The molecule has 16 heavy (non-hydrogen) atoms. The highest BCUT2D eigenvalue weighted by molar-refractivity contribution is 5.91. The zero-order valence-electron chi connectivity index (χ0n) is 9.34. The average Bonchev–Trinajstić information content (AvgIpc) is 2.20. The lowest BCUT2D eigenvalue weighted by Gasteiger charge is -2.06. The summed E-state index contributed by atoms with van der Waals surface area (Å²) in [7, 11) is 1.76. The van der Waals surface area contributed by atoms with E-state index < -0.39 is 5.82 Å².